The summed E-state index contributed by atoms with van der Waals surface area (Å²) in [6.45, 7) is 0. The lowest BCUT2D eigenvalue weighted by Crippen LogP contribution is -2.17. The third-order valence-corrected chi connectivity index (χ3v) is 14.7. The fourth-order valence-corrected chi connectivity index (χ4v) is 11.0. The molecular weight excluding hydrogens is 1010 g/mol. The summed E-state index contributed by atoms with van der Waals surface area (Å²) in [5.74, 6) is 4.52. The highest BCUT2D eigenvalue weighted by Gasteiger charge is 2.31. The smallest absolute Gasteiger partial charge is 0.151 e. The van der Waals surface area contributed by atoms with Gasteiger partial charge in [-0.3, -0.25) is 0 Å². The van der Waals surface area contributed by atoms with E-state index in [1.807, 2.05) is 196 Å². The van der Waals surface area contributed by atoms with Crippen molar-refractivity contribution in [1.29, 1.82) is 0 Å². The van der Waals surface area contributed by atoms with Gasteiger partial charge < -0.3 is 28.9 Å². The van der Waals surface area contributed by atoms with E-state index < -0.39 is 0 Å². The molecule has 15 nitrogen and oxygen atoms in total. The van der Waals surface area contributed by atoms with Crippen LogP contribution in [0.15, 0.2) is 255 Å². The molecule has 3 aromatic heterocycles. The molecule has 0 atom stereocenters. The minimum Gasteiger partial charge on any atom is -0.453 e. The number of hydrogen-bond donors (Lipinski definition) is 0. The van der Waals surface area contributed by atoms with Gasteiger partial charge in [-0.1, -0.05) is 125 Å². The van der Waals surface area contributed by atoms with Crippen molar-refractivity contribution in [2.75, 3.05) is 14.7 Å². The lowest BCUT2D eigenvalue weighted by atomic mass is 10.0. The zero-order chi connectivity index (χ0) is 53.4. The number of benzene rings is 10. The maximum Gasteiger partial charge on any atom is 0.151 e. The van der Waals surface area contributed by atoms with E-state index in [9.17, 15) is 0 Å². The van der Waals surface area contributed by atoms with E-state index in [0.29, 0.717) is 17.1 Å². The predicted molar refractivity (Wildman–Crippen MR) is 312 cm³/mol. The average molecular weight is 1050 g/mol. The van der Waals surface area contributed by atoms with E-state index in [4.69, 9.17) is 45.1 Å². The molecule has 15 heteroatoms. The standard InChI is InChI=1S/C66H42N12O3/c1-4-22-52(76-55-25-7-13-31-61(55)79-62-32-14-8-26-56(62)76)49(19-1)73-40-46(67-70-73)43-37-44(47-41-74(71-68-47)50-20-2-5-23-53(50)77-57-27-9-15-33-63(57)80-64-34-16-10-28-58(64)77)39-45(38-43)48-42-75(72-69-48)51-21-3-6-24-54(51)78-59-29-11-17-35-65(59)81-66-36-18-12-30-60(66)78/h1-42H. The summed E-state index contributed by atoms with van der Waals surface area (Å²) >= 11 is 0. The molecule has 16 rings (SSSR count). The van der Waals surface area contributed by atoms with Gasteiger partial charge in [0.1, 0.15) is 17.1 Å². The Balaban J connectivity index is 0.819. The van der Waals surface area contributed by atoms with E-state index in [1.54, 1.807) is 0 Å². The van der Waals surface area contributed by atoms with Crippen LogP contribution in [0.4, 0.5) is 51.2 Å². The summed E-state index contributed by atoms with van der Waals surface area (Å²) in [6.07, 6.45) is 5.86. The number of hydrogen-bond acceptors (Lipinski definition) is 12. The van der Waals surface area contributed by atoms with Gasteiger partial charge >= 0.3 is 0 Å². The molecule has 0 fully saturated rings. The maximum absolute atomic E-state index is 6.39. The Hall–Kier alpha value is -11.6. The van der Waals surface area contributed by atoms with Crippen LogP contribution in [0.1, 0.15) is 0 Å². The second-order valence-electron chi connectivity index (χ2n) is 19.5. The molecule has 6 heterocycles. The quantitative estimate of drug-likeness (QED) is 0.136. The van der Waals surface area contributed by atoms with E-state index in [1.165, 1.54) is 0 Å². The minimum absolute atomic E-state index is 0.625. The van der Waals surface area contributed by atoms with Gasteiger partial charge in [0, 0.05) is 16.7 Å². The zero-order valence-electron chi connectivity index (χ0n) is 42.8. The normalized spacial score (nSPS) is 12.7. The third kappa shape index (κ3) is 7.67. The molecule has 0 aliphatic carbocycles. The van der Waals surface area contributed by atoms with Gasteiger partial charge in [-0.15, -0.1) is 15.3 Å². The molecule has 0 saturated carbocycles. The van der Waals surface area contributed by atoms with Crippen molar-refractivity contribution in [2.45, 2.75) is 0 Å². The topological polar surface area (TPSA) is 130 Å². The minimum atomic E-state index is 0.625. The Labute approximate surface area is 463 Å². The van der Waals surface area contributed by atoms with Crippen molar-refractivity contribution < 1.29 is 14.2 Å². The summed E-state index contributed by atoms with van der Waals surface area (Å²) in [5, 5.41) is 29.0. The summed E-state index contributed by atoms with van der Waals surface area (Å²) in [4.78, 5) is 6.62. The summed E-state index contributed by atoms with van der Waals surface area (Å²) in [7, 11) is 0. The van der Waals surface area contributed by atoms with Gasteiger partial charge in [0.05, 0.1) is 86.8 Å². The maximum atomic E-state index is 6.39. The molecule has 3 aliphatic heterocycles. The zero-order valence-corrected chi connectivity index (χ0v) is 42.8. The average Bonchev–Trinajstić information content (AvgIpc) is 4.45. The molecule has 0 saturated heterocycles. The van der Waals surface area contributed by atoms with Crippen LogP contribution < -0.4 is 28.9 Å². The Bertz CT molecular complexity index is 4000. The van der Waals surface area contributed by atoms with Crippen LogP contribution in [0.2, 0.25) is 0 Å². The van der Waals surface area contributed by atoms with Crippen molar-refractivity contribution in [3.63, 3.8) is 0 Å². The Morgan fingerprint density at radius 2 is 0.420 bits per heavy atom. The van der Waals surface area contributed by atoms with Crippen molar-refractivity contribution in [2.24, 2.45) is 0 Å². The van der Waals surface area contributed by atoms with Crippen LogP contribution in [-0.2, 0) is 0 Å². The fourth-order valence-electron chi connectivity index (χ4n) is 11.0. The van der Waals surface area contributed by atoms with Crippen LogP contribution in [0.25, 0.3) is 50.8 Å². The molecule has 0 radical (unpaired) electrons. The Morgan fingerprint density at radius 3 is 0.654 bits per heavy atom. The van der Waals surface area contributed by atoms with Crippen LogP contribution in [0.5, 0.6) is 34.5 Å². The molecule has 81 heavy (non-hydrogen) atoms. The predicted octanol–water partition coefficient (Wildman–Crippen LogP) is 16.2. The molecular formula is C66H42N12O3. The van der Waals surface area contributed by atoms with Gasteiger partial charge in [0.15, 0.2) is 34.5 Å². The van der Waals surface area contributed by atoms with E-state index in [2.05, 4.69) is 87.5 Å². The second-order valence-corrected chi connectivity index (χ2v) is 19.5. The lowest BCUT2D eigenvalue weighted by molar-refractivity contribution is 0.476. The number of para-hydroxylation sites is 18. The number of rotatable bonds is 9. The third-order valence-electron chi connectivity index (χ3n) is 14.7. The highest BCUT2D eigenvalue weighted by Crippen LogP contribution is 2.54. The van der Waals surface area contributed by atoms with E-state index >= 15 is 0 Å². The molecule has 3 aliphatic rings. The van der Waals surface area contributed by atoms with Gasteiger partial charge in [0.25, 0.3) is 0 Å². The van der Waals surface area contributed by atoms with Crippen LogP contribution >= 0.6 is 0 Å². The van der Waals surface area contributed by atoms with Crippen LogP contribution in [0.3, 0.4) is 0 Å². The monoisotopic (exact) mass is 1050 g/mol. The molecule has 10 aromatic carbocycles. The first kappa shape index (κ1) is 45.6. The number of anilines is 9. The van der Waals surface area contributed by atoms with Crippen LogP contribution in [0, 0.1) is 0 Å². The summed E-state index contributed by atoms with van der Waals surface area (Å²) in [6, 6.07) is 79.0. The number of fused-ring (bicyclic) bond motifs is 6. The van der Waals surface area contributed by atoms with Gasteiger partial charge in [-0.2, -0.15) is 0 Å². The molecule has 384 valence electrons. The summed E-state index contributed by atoms with van der Waals surface area (Å²) in [5.41, 5.74) is 14.8. The SMILES string of the molecule is c1ccc2c(c1)Oc1ccccc1N2c1ccccc1-n1cc(-c2cc(-c3cn(-c4ccccc4N4c5ccccc5Oc5ccccc54)nn3)cc(-c3cn(-c4ccccc4N4c5ccccc5Oc5ccccc54)nn3)c2)nn1. The van der Waals surface area contributed by atoms with E-state index in [-0.39, 0.29) is 0 Å². The molecule has 0 amide bonds. The summed E-state index contributed by atoms with van der Waals surface area (Å²) < 4.78 is 24.6. The van der Waals surface area contributed by atoms with E-state index in [0.717, 1.165) is 119 Å². The number of aromatic nitrogens is 9. The molecule has 0 unspecified atom stereocenters. The number of nitrogens with zero attached hydrogens (tertiary/aromatic N) is 12. The lowest BCUT2D eigenvalue weighted by Gasteiger charge is -2.33. The van der Waals surface area contributed by atoms with Crippen molar-refractivity contribution in [3.05, 3.63) is 255 Å². The van der Waals surface area contributed by atoms with Gasteiger partial charge in [0.2, 0.25) is 0 Å². The van der Waals surface area contributed by atoms with Gasteiger partial charge in [-0.05, 0) is 127 Å². The fraction of sp³-hybridized carbons (Fsp3) is 0. The largest absolute Gasteiger partial charge is 0.453 e. The molecule has 0 N–H and O–H groups in total. The first-order valence-electron chi connectivity index (χ1n) is 26.3. The number of ether oxygens (including phenoxy) is 3. The van der Waals surface area contributed by atoms with Crippen molar-refractivity contribution in [1.82, 2.24) is 45.0 Å². The first-order valence-corrected chi connectivity index (χ1v) is 26.3. The highest BCUT2D eigenvalue weighted by molar-refractivity contribution is 5.92. The first-order chi connectivity index (χ1) is 40.1. The van der Waals surface area contributed by atoms with Gasteiger partial charge in [-0.25, -0.2) is 14.0 Å². The molecule has 13 aromatic rings. The van der Waals surface area contributed by atoms with Crippen LogP contribution in [-0.4, -0.2) is 45.0 Å². The Morgan fingerprint density at radius 1 is 0.222 bits per heavy atom. The van der Waals surface area contributed by atoms with Crippen molar-refractivity contribution >= 4 is 51.2 Å². The second kappa shape index (κ2) is 18.6. The Kier molecular flexibility index (Phi) is 10.5. The molecule has 0 bridgehead atoms. The highest BCUT2D eigenvalue weighted by atomic mass is 16.5. The molecule has 0 spiro atoms. The van der Waals surface area contributed by atoms with Crippen molar-refractivity contribution in [3.8, 4) is 85.3 Å².